The molecule has 3 rings (SSSR count). The summed E-state index contributed by atoms with van der Waals surface area (Å²) in [6.07, 6.45) is 0. The Labute approximate surface area is 118 Å². The molecule has 0 aromatic carbocycles. The van der Waals surface area contributed by atoms with Gasteiger partial charge in [-0.2, -0.15) is 0 Å². The number of aliphatic carboxylic acids is 1. The minimum atomic E-state index is -0.900. The van der Waals surface area contributed by atoms with Crippen LogP contribution in [-0.2, 0) is 16.1 Å². The number of hydrogen-bond donors (Lipinski definition) is 1. The number of aromatic nitrogens is 2. The minimum Gasteiger partial charge on any atom is -0.480 e. The number of hydrogen-bond acceptors (Lipinski definition) is 7. The molecule has 1 aliphatic rings. The largest absolute Gasteiger partial charge is 0.480 e. The fraction of sp³-hybridized carbons (Fsp3) is 0.417. The number of thiophene rings is 1. The van der Waals surface area contributed by atoms with E-state index >= 15 is 0 Å². The van der Waals surface area contributed by atoms with Crippen molar-refractivity contribution < 1.29 is 19.1 Å². The Kier molecular flexibility index (Phi) is 3.77. The van der Waals surface area contributed by atoms with E-state index in [9.17, 15) is 4.79 Å². The van der Waals surface area contributed by atoms with E-state index in [1.54, 1.807) is 4.90 Å². The van der Waals surface area contributed by atoms with Gasteiger partial charge in [0.15, 0.2) is 0 Å². The third-order valence-corrected chi connectivity index (χ3v) is 3.92. The van der Waals surface area contributed by atoms with Gasteiger partial charge in [-0.1, -0.05) is 6.07 Å². The van der Waals surface area contributed by atoms with Crippen LogP contribution in [0.3, 0.4) is 0 Å². The van der Waals surface area contributed by atoms with Crippen molar-refractivity contribution >= 4 is 17.3 Å². The maximum atomic E-state index is 11.2. The lowest BCUT2D eigenvalue weighted by Gasteiger charge is -2.31. The lowest BCUT2D eigenvalue weighted by molar-refractivity contribution is -0.150. The molecule has 0 saturated carbocycles. The first kappa shape index (κ1) is 13.2. The molecule has 1 atom stereocenters. The number of carboxylic acid groups (broad SMARTS) is 1. The summed E-state index contributed by atoms with van der Waals surface area (Å²) in [4.78, 5) is 13.8. The Morgan fingerprint density at radius 1 is 1.55 bits per heavy atom. The van der Waals surface area contributed by atoms with Gasteiger partial charge in [-0.3, -0.25) is 9.69 Å². The zero-order chi connectivity index (χ0) is 13.9. The smallest absolute Gasteiger partial charge is 0.323 e. The van der Waals surface area contributed by atoms with Crippen LogP contribution in [-0.4, -0.2) is 52.0 Å². The Bertz CT molecular complexity index is 583. The molecule has 0 radical (unpaired) electrons. The molecule has 3 heterocycles. The number of rotatable bonds is 4. The second-order valence-electron chi connectivity index (χ2n) is 4.38. The van der Waals surface area contributed by atoms with Gasteiger partial charge in [0.2, 0.25) is 5.89 Å². The van der Waals surface area contributed by atoms with E-state index in [0.717, 1.165) is 4.88 Å². The highest BCUT2D eigenvalue weighted by Crippen LogP contribution is 2.23. The van der Waals surface area contributed by atoms with E-state index in [1.165, 1.54) is 11.3 Å². The van der Waals surface area contributed by atoms with Crippen LogP contribution in [0, 0.1) is 0 Å². The maximum absolute atomic E-state index is 11.2. The predicted octanol–water partition coefficient (Wildman–Crippen LogP) is 1.08. The average molecular weight is 295 g/mol. The molecule has 7 nitrogen and oxygen atoms in total. The van der Waals surface area contributed by atoms with Gasteiger partial charge in [-0.25, -0.2) is 0 Å². The Morgan fingerprint density at radius 3 is 3.20 bits per heavy atom. The lowest BCUT2D eigenvalue weighted by Crippen LogP contribution is -2.49. The van der Waals surface area contributed by atoms with Crippen LogP contribution in [0.4, 0.5) is 0 Å². The molecule has 106 valence electrons. The molecule has 0 aliphatic carbocycles. The zero-order valence-corrected chi connectivity index (χ0v) is 11.4. The van der Waals surface area contributed by atoms with Gasteiger partial charge in [0.05, 0.1) is 24.6 Å². The van der Waals surface area contributed by atoms with Gasteiger partial charge in [-0.15, -0.1) is 21.5 Å². The van der Waals surface area contributed by atoms with Gasteiger partial charge in [0, 0.05) is 6.54 Å². The second kappa shape index (κ2) is 5.70. The fourth-order valence-electron chi connectivity index (χ4n) is 2.05. The number of morpholine rings is 1. The highest BCUT2D eigenvalue weighted by atomic mass is 32.1. The molecule has 0 amide bonds. The van der Waals surface area contributed by atoms with Gasteiger partial charge in [0.1, 0.15) is 6.04 Å². The van der Waals surface area contributed by atoms with Crippen LogP contribution in [0.2, 0.25) is 0 Å². The quantitative estimate of drug-likeness (QED) is 0.902. The van der Waals surface area contributed by atoms with E-state index in [2.05, 4.69) is 10.2 Å². The molecule has 1 unspecified atom stereocenters. The minimum absolute atomic E-state index is 0.182. The Hall–Kier alpha value is -1.77. The number of carbonyl (C=O) groups is 1. The molecular weight excluding hydrogens is 282 g/mol. The van der Waals surface area contributed by atoms with Gasteiger partial charge < -0.3 is 14.3 Å². The van der Waals surface area contributed by atoms with Crippen molar-refractivity contribution in [1.82, 2.24) is 15.1 Å². The fourth-order valence-corrected chi connectivity index (χ4v) is 2.69. The van der Waals surface area contributed by atoms with Crippen LogP contribution in [0.15, 0.2) is 21.9 Å². The molecule has 2 aromatic heterocycles. The molecule has 0 spiro atoms. The molecule has 8 heteroatoms. The first-order valence-electron chi connectivity index (χ1n) is 6.15. The van der Waals surface area contributed by atoms with Gasteiger partial charge in [-0.05, 0) is 11.4 Å². The van der Waals surface area contributed by atoms with Crippen LogP contribution in [0.25, 0.3) is 10.8 Å². The normalized spacial score (nSPS) is 20.1. The summed E-state index contributed by atoms with van der Waals surface area (Å²) in [7, 11) is 0. The van der Waals surface area contributed by atoms with Crippen molar-refractivity contribution in [2.45, 2.75) is 12.6 Å². The second-order valence-corrected chi connectivity index (χ2v) is 5.33. The number of nitrogens with zero attached hydrogens (tertiary/aromatic N) is 3. The van der Waals surface area contributed by atoms with Crippen molar-refractivity contribution in [3.8, 4) is 10.8 Å². The summed E-state index contributed by atoms with van der Waals surface area (Å²) < 4.78 is 10.8. The molecule has 20 heavy (non-hydrogen) atoms. The third-order valence-electron chi connectivity index (χ3n) is 3.06. The predicted molar refractivity (Wildman–Crippen MR) is 70.3 cm³/mol. The molecule has 1 fully saturated rings. The summed E-state index contributed by atoms with van der Waals surface area (Å²) in [6, 6.07) is 3.14. The van der Waals surface area contributed by atoms with Crippen LogP contribution in [0.1, 0.15) is 5.89 Å². The summed E-state index contributed by atoms with van der Waals surface area (Å²) in [6.45, 7) is 1.54. The highest BCUT2D eigenvalue weighted by molar-refractivity contribution is 7.13. The van der Waals surface area contributed by atoms with E-state index in [0.29, 0.717) is 31.5 Å². The van der Waals surface area contributed by atoms with Crippen molar-refractivity contribution in [2.24, 2.45) is 0 Å². The van der Waals surface area contributed by atoms with Crippen molar-refractivity contribution in [3.63, 3.8) is 0 Å². The molecule has 2 aromatic rings. The highest BCUT2D eigenvalue weighted by Gasteiger charge is 2.30. The summed E-state index contributed by atoms with van der Waals surface area (Å²) in [5, 5.41) is 19.0. The maximum Gasteiger partial charge on any atom is 0.323 e. The average Bonchev–Trinajstić information content (AvgIpc) is 3.09. The first-order valence-corrected chi connectivity index (χ1v) is 7.03. The van der Waals surface area contributed by atoms with Gasteiger partial charge >= 0.3 is 5.97 Å². The lowest BCUT2D eigenvalue weighted by atomic mass is 10.2. The van der Waals surface area contributed by atoms with Crippen molar-refractivity contribution in [3.05, 3.63) is 23.4 Å². The Balaban J connectivity index is 1.72. The van der Waals surface area contributed by atoms with Crippen LogP contribution >= 0.6 is 11.3 Å². The van der Waals surface area contributed by atoms with Crippen LogP contribution in [0.5, 0.6) is 0 Å². The standard InChI is InChI=1S/C12H13N3O4S/c16-12(17)8-7-18-4-3-15(8)6-10-13-14-11(19-10)9-2-1-5-20-9/h1-2,5,8H,3-4,6-7H2,(H,16,17). The van der Waals surface area contributed by atoms with Crippen molar-refractivity contribution in [1.29, 1.82) is 0 Å². The summed E-state index contributed by atoms with van der Waals surface area (Å²) >= 11 is 1.52. The number of carboxylic acids is 1. The molecule has 1 aliphatic heterocycles. The Morgan fingerprint density at radius 2 is 2.45 bits per heavy atom. The van der Waals surface area contributed by atoms with E-state index in [-0.39, 0.29) is 6.61 Å². The number of ether oxygens (including phenoxy) is 1. The van der Waals surface area contributed by atoms with Crippen molar-refractivity contribution in [2.75, 3.05) is 19.8 Å². The third kappa shape index (κ3) is 2.72. The molecular formula is C12H13N3O4S. The van der Waals surface area contributed by atoms with E-state index < -0.39 is 12.0 Å². The summed E-state index contributed by atoms with van der Waals surface area (Å²) in [5.41, 5.74) is 0. The van der Waals surface area contributed by atoms with E-state index in [1.807, 2.05) is 17.5 Å². The first-order chi connectivity index (χ1) is 9.74. The van der Waals surface area contributed by atoms with Gasteiger partial charge in [0.25, 0.3) is 5.89 Å². The monoisotopic (exact) mass is 295 g/mol. The van der Waals surface area contributed by atoms with Crippen LogP contribution < -0.4 is 0 Å². The zero-order valence-electron chi connectivity index (χ0n) is 10.6. The van der Waals surface area contributed by atoms with E-state index in [4.69, 9.17) is 14.3 Å². The molecule has 0 bridgehead atoms. The molecule has 1 N–H and O–H groups in total. The SMILES string of the molecule is O=C(O)C1COCCN1Cc1nnc(-c2cccs2)o1. The molecule has 1 saturated heterocycles. The topological polar surface area (TPSA) is 88.7 Å². The summed E-state index contributed by atoms with van der Waals surface area (Å²) in [5.74, 6) is -0.0145.